The van der Waals surface area contributed by atoms with Crippen LogP contribution in [0.25, 0.3) is 6.08 Å². The third-order valence-electron chi connectivity index (χ3n) is 10.1. The molecule has 0 bridgehead atoms. The number of hydrogen-bond acceptors (Lipinski definition) is 21. The van der Waals surface area contributed by atoms with E-state index in [2.05, 4.69) is 0 Å². The van der Waals surface area contributed by atoms with Crippen molar-refractivity contribution in [3.63, 3.8) is 0 Å². The van der Waals surface area contributed by atoms with Crippen LogP contribution in [0.1, 0.15) is 17.2 Å². The Morgan fingerprint density at radius 3 is 1.63 bits per heavy atom. The van der Waals surface area contributed by atoms with Crippen LogP contribution in [-0.4, -0.2) is 197 Å². The SMILES string of the molecule is COc1cc(C2[OH+]c3cc(O)cc(OC4OC(CO)C(O)C(O)C4O)c3C=C2OC2OC(CO)C(O)C(O)C2OC2OC(CO)C(O)C(O)C2O)cc(OC)c1O. The number of benzene rings is 2. The van der Waals surface area contributed by atoms with Crippen molar-refractivity contribution >= 4 is 6.08 Å². The largest absolute Gasteiger partial charge is 0.571 e. The van der Waals surface area contributed by atoms with Crippen LogP contribution in [0, 0.1) is 0 Å². The zero-order valence-corrected chi connectivity index (χ0v) is 30.3. The molecular weight excluding hydrogens is 772 g/mol. The molecule has 16 unspecified atom stereocenters. The Morgan fingerprint density at radius 2 is 1.09 bits per heavy atom. The molecule has 16 atom stereocenters. The van der Waals surface area contributed by atoms with Crippen molar-refractivity contribution in [2.45, 2.75) is 98.2 Å². The highest BCUT2D eigenvalue weighted by molar-refractivity contribution is 5.70. The Hall–Kier alpha value is -3.82. The molecule has 0 radical (unpaired) electrons. The maximum atomic E-state index is 11.3. The second-order valence-corrected chi connectivity index (χ2v) is 13.7. The molecule has 318 valence electrons. The van der Waals surface area contributed by atoms with Crippen LogP contribution in [0.3, 0.4) is 0 Å². The summed E-state index contributed by atoms with van der Waals surface area (Å²) in [5.74, 6) is -1.30. The fraction of sp³-hybridized carbons (Fsp3) is 0.600. The third kappa shape index (κ3) is 8.25. The predicted molar refractivity (Wildman–Crippen MR) is 184 cm³/mol. The van der Waals surface area contributed by atoms with E-state index in [9.17, 15) is 66.4 Å². The number of phenols is 2. The molecule has 2 aromatic rings. The van der Waals surface area contributed by atoms with Gasteiger partial charge in [-0.2, -0.15) is 0 Å². The molecule has 22 heteroatoms. The number of ether oxygens (including phenoxy) is 9. The molecule has 0 amide bonds. The second kappa shape index (κ2) is 17.6. The molecule has 57 heavy (non-hydrogen) atoms. The molecular formula is C35H47O22+. The Bertz CT molecular complexity index is 1700. The lowest BCUT2D eigenvalue weighted by Crippen LogP contribution is -2.64. The van der Waals surface area contributed by atoms with Gasteiger partial charge >= 0.3 is 0 Å². The number of phenolic OH excluding ortho intramolecular Hbond substituents is 2. The van der Waals surface area contributed by atoms with E-state index in [4.69, 9.17) is 42.6 Å². The normalized spacial score (nSPS) is 38.0. The van der Waals surface area contributed by atoms with Crippen LogP contribution in [-0.2, 0) is 23.7 Å². The van der Waals surface area contributed by atoms with Crippen molar-refractivity contribution in [1.82, 2.24) is 0 Å². The Kier molecular flexibility index (Phi) is 13.2. The maximum absolute atomic E-state index is 11.3. The third-order valence-corrected chi connectivity index (χ3v) is 10.1. The molecule has 6 rings (SSSR count). The molecule has 0 saturated carbocycles. The van der Waals surface area contributed by atoms with Crippen LogP contribution in [0.15, 0.2) is 30.0 Å². The molecule has 0 aromatic heterocycles. The number of aliphatic hydroxyl groups is 12. The fourth-order valence-electron chi connectivity index (χ4n) is 6.83. The predicted octanol–water partition coefficient (Wildman–Crippen LogP) is -4.73. The monoisotopic (exact) mass is 819 g/mol. The van der Waals surface area contributed by atoms with Gasteiger partial charge in [0.2, 0.25) is 18.3 Å². The summed E-state index contributed by atoms with van der Waals surface area (Å²) in [6.07, 6.45) is -26.2. The minimum absolute atomic E-state index is 0.0281. The van der Waals surface area contributed by atoms with Gasteiger partial charge in [0, 0.05) is 12.1 Å². The zero-order valence-electron chi connectivity index (χ0n) is 30.3. The molecule has 2 aromatic carbocycles. The average Bonchev–Trinajstić information content (AvgIpc) is 3.20. The summed E-state index contributed by atoms with van der Waals surface area (Å²) in [7, 11) is 2.55. The van der Waals surface area contributed by atoms with Crippen molar-refractivity contribution in [2.24, 2.45) is 0 Å². The van der Waals surface area contributed by atoms with Crippen LogP contribution in [0.2, 0.25) is 0 Å². The molecule has 4 heterocycles. The number of aromatic hydroxyl groups is 3. The van der Waals surface area contributed by atoms with E-state index in [0.29, 0.717) is 0 Å². The minimum Gasteiger partial charge on any atom is -0.571 e. The van der Waals surface area contributed by atoms with E-state index in [0.717, 1.165) is 6.07 Å². The highest BCUT2D eigenvalue weighted by atomic mass is 16.8. The molecule has 14 N–H and O–H groups in total. The van der Waals surface area contributed by atoms with Gasteiger partial charge in [0.15, 0.2) is 29.7 Å². The summed E-state index contributed by atoms with van der Waals surface area (Å²) in [6, 6.07) is 5.08. The quantitative estimate of drug-likeness (QED) is 0.0895. The van der Waals surface area contributed by atoms with E-state index in [-0.39, 0.29) is 45.6 Å². The van der Waals surface area contributed by atoms with Gasteiger partial charge in [-0.3, -0.25) is 0 Å². The van der Waals surface area contributed by atoms with Crippen molar-refractivity contribution in [2.75, 3.05) is 34.0 Å². The highest BCUT2D eigenvalue weighted by Gasteiger charge is 2.53. The first-order valence-electron chi connectivity index (χ1n) is 17.6. The number of hydrogen-bond donors (Lipinski definition) is 13. The molecule has 4 aliphatic heterocycles. The van der Waals surface area contributed by atoms with E-state index >= 15 is 0 Å². The summed E-state index contributed by atoms with van der Waals surface area (Å²) < 4.78 is 50.2. The van der Waals surface area contributed by atoms with Gasteiger partial charge < -0.3 is 109 Å². The standard InChI is InChI=1S/C35H46O22/c1-49-16-3-11(4-17(50-2)22(16)40)31-18(7-13-14(51-31)5-12(39)6-15(13)52-33-29(47)26(44)23(41)19(8-36)54-33)53-35-32(28(46)25(43)21(10-38)56-35)57-34-30(48)27(45)24(42)20(9-37)55-34/h3-7,19-21,23-48H,8-10H2,1-2H3/p+1. The number of rotatable bonds is 12. The maximum Gasteiger partial charge on any atom is 0.270 e. The van der Waals surface area contributed by atoms with Crippen molar-refractivity contribution in [3.05, 3.63) is 41.2 Å². The molecule has 3 saturated heterocycles. The molecule has 3 fully saturated rings. The van der Waals surface area contributed by atoms with Gasteiger partial charge in [0.05, 0.1) is 45.7 Å². The fourth-order valence-corrected chi connectivity index (χ4v) is 6.83. The summed E-state index contributed by atoms with van der Waals surface area (Å²) in [4.78, 5) is 0. The van der Waals surface area contributed by atoms with Gasteiger partial charge in [-0.05, 0) is 12.1 Å². The Balaban J connectivity index is 1.43. The van der Waals surface area contributed by atoms with Crippen LogP contribution in [0.4, 0.5) is 0 Å². The minimum atomic E-state index is -1.96. The lowest BCUT2D eigenvalue weighted by Gasteiger charge is -2.46. The van der Waals surface area contributed by atoms with Crippen LogP contribution in [0.5, 0.6) is 34.5 Å². The molecule has 4 aliphatic rings. The zero-order chi connectivity index (χ0) is 41.5. The first-order chi connectivity index (χ1) is 27.1. The van der Waals surface area contributed by atoms with Crippen molar-refractivity contribution < 1.29 is 109 Å². The summed E-state index contributed by atoms with van der Waals surface area (Å²) >= 11 is 0. The summed E-state index contributed by atoms with van der Waals surface area (Å²) in [5.41, 5.74) is 0.259. The first kappa shape index (κ1) is 42.8. The van der Waals surface area contributed by atoms with Crippen molar-refractivity contribution in [3.8, 4) is 34.5 Å². The molecule has 0 aliphatic carbocycles. The van der Waals surface area contributed by atoms with E-state index in [1.165, 1.54) is 38.5 Å². The second-order valence-electron chi connectivity index (χ2n) is 13.7. The number of fused-ring (bicyclic) bond motifs is 1. The highest BCUT2D eigenvalue weighted by Crippen LogP contribution is 2.49. The molecule has 22 nitrogen and oxygen atoms in total. The lowest BCUT2D eigenvalue weighted by atomic mass is 9.97. The van der Waals surface area contributed by atoms with E-state index in [1.54, 1.807) is 0 Å². The summed E-state index contributed by atoms with van der Waals surface area (Å²) in [5, 5.41) is 136. The summed E-state index contributed by atoms with van der Waals surface area (Å²) in [6.45, 7) is -2.43. The number of methoxy groups -OCH3 is 2. The van der Waals surface area contributed by atoms with Crippen LogP contribution >= 0.6 is 0 Å². The topological polar surface area (TPSA) is 350 Å². The van der Waals surface area contributed by atoms with Gasteiger partial charge in [-0.1, -0.05) is 0 Å². The average molecular weight is 820 g/mol. The van der Waals surface area contributed by atoms with Gasteiger partial charge in [-0.25, -0.2) is 0 Å². The Labute approximate surface area is 323 Å². The van der Waals surface area contributed by atoms with Gasteiger partial charge in [0.1, 0.15) is 84.2 Å². The number of aliphatic hydroxyl groups excluding tert-OH is 11. The van der Waals surface area contributed by atoms with Crippen molar-refractivity contribution in [1.29, 1.82) is 0 Å². The van der Waals surface area contributed by atoms with Gasteiger partial charge in [0.25, 0.3) is 11.9 Å². The first-order valence-corrected chi connectivity index (χ1v) is 17.6. The Morgan fingerprint density at radius 1 is 0.579 bits per heavy atom. The van der Waals surface area contributed by atoms with E-state index in [1.807, 2.05) is 0 Å². The smallest absolute Gasteiger partial charge is 0.270 e. The van der Waals surface area contributed by atoms with E-state index < -0.39 is 124 Å². The lowest BCUT2D eigenvalue weighted by molar-refractivity contribution is -0.364. The van der Waals surface area contributed by atoms with Gasteiger partial charge in [-0.15, -0.1) is 0 Å². The molecule has 0 spiro atoms. The van der Waals surface area contributed by atoms with Crippen LogP contribution < -0.4 is 14.2 Å².